The van der Waals surface area contributed by atoms with Crippen molar-refractivity contribution in [3.05, 3.63) is 33.8 Å². The number of benzene rings is 1. The number of halogens is 1. The first-order valence-corrected chi connectivity index (χ1v) is 9.28. The maximum Gasteiger partial charge on any atom is 0.0354 e. The van der Waals surface area contributed by atoms with Crippen LogP contribution in [0.5, 0.6) is 0 Å². The van der Waals surface area contributed by atoms with Gasteiger partial charge in [0.1, 0.15) is 0 Å². The predicted molar refractivity (Wildman–Crippen MR) is 90.5 cm³/mol. The van der Waals surface area contributed by atoms with Crippen LogP contribution in [0.3, 0.4) is 0 Å². The van der Waals surface area contributed by atoms with E-state index in [4.69, 9.17) is 0 Å². The Hall–Kier alpha value is -0.380. The number of nitrogens with zero attached hydrogens (tertiary/aromatic N) is 1. The summed E-state index contributed by atoms with van der Waals surface area (Å²) in [5.74, 6) is 0. The third kappa shape index (κ3) is 2.69. The van der Waals surface area contributed by atoms with Crippen molar-refractivity contribution in [3.8, 4) is 0 Å². The molecule has 0 radical (unpaired) electrons. The van der Waals surface area contributed by atoms with Gasteiger partial charge in [-0.3, -0.25) is 4.90 Å². The predicted octanol–water partition coefficient (Wildman–Crippen LogP) is 3.90. The first kappa shape index (κ1) is 14.2. The largest absolute Gasteiger partial charge is 0.316 e. The minimum absolute atomic E-state index is 0.564. The molecule has 1 aromatic rings. The normalized spacial score (nSPS) is 33.3. The smallest absolute Gasteiger partial charge is 0.0354 e. The van der Waals surface area contributed by atoms with E-state index in [1.165, 1.54) is 69.2 Å². The Morgan fingerprint density at radius 1 is 1.24 bits per heavy atom. The highest BCUT2D eigenvalue weighted by Crippen LogP contribution is 2.43. The third-order valence-electron chi connectivity index (χ3n) is 5.84. The fourth-order valence-corrected chi connectivity index (χ4v) is 5.24. The Morgan fingerprint density at radius 2 is 2.14 bits per heavy atom. The summed E-state index contributed by atoms with van der Waals surface area (Å²) >= 11 is 3.62. The van der Waals surface area contributed by atoms with E-state index in [1.54, 1.807) is 11.1 Å². The molecule has 2 heterocycles. The van der Waals surface area contributed by atoms with E-state index in [0.29, 0.717) is 11.5 Å². The lowest BCUT2D eigenvalue weighted by atomic mass is 9.74. The number of fused-ring (bicyclic) bond motifs is 1. The van der Waals surface area contributed by atoms with Gasteiger partial charge in [-0.05, 0) is 80.3 Å². The molecule has 2 nitrogen and oxygen atoms in total. The molecular weight excluding hydrogens is 324 g/mol. The van der Waals surface area contributed by atoms with Crippen molar-refractivity contribution in [2.75, 3.05) is 26.2 Å². The fraction of sp³-hybridized carbons (Fsp3) is 0.667. The van der Waals surface area contributed by atoms with Crippen molar-refractivity contribution >= 4 is 15.9 Å². The second-order valence-corrected chi connectivity index (χ2v) is 8.17. The molecular formula is C18H25BrN2. The maximum absolute atomic E-state index is 3.65. The molecule has 1 aliphatic carbocycles. The van der Waals surface area contributed by atoms with E-state index in [-0.39, 0.29) is 0 Å². The Morgan fingerprint density at radius 3 is 3.00 bits per heavy atom. The Labute approximate surface area is 136 Å². The summed E-state index contributed by atoms with van der Waals surface area (Å²) in [5, 5.41) is 3.65. The number of rotatable bonds is 1. The van der Waals surface area contributed by atoms with Crippen LogP contribution >= 0.6 is 15.9 Å². The van der Waals surface area contributed by atoms with Crippen molar-refractivity contribution in [3.63, 3.8) is 0 Å². The van der Waals surface area contributed by atoms with Gasteiger partial charge in [0.25, 0.3) is 0 Å². The number of nitrogens with one attached hydrogen (secondary N) is 1. The van der Waals surface area contributed by atoms with Crippen LogP contribution in [0.25, 0.3) is 0 Å². The number of piperidine rings is 2. The second-order valence-electron chi connectivity index (χ2n) is 7.25. The topological polar surface area (TPSA) is 15.3 Å². The molecule has 0 saturated carbocycles. The van der Waals surface area contributed by atoms with E-state index in [9.17, 15) is 0 Å². The highest BCUT2D eigenvalue weighted by Gasteiger charge is 2.40. The molecule has 2 aliphatic heterocycles. The van der Waals surface area contributed by atoms with E-state index in [0.717, 1.165) is 0 Å². The third-order valence-corrected chi connectivity index (χ3v) is 6.34. The number of aryl methyl sites for hydroxylation is 1. The van der Waals surface area contributed by atoms with Crippen LogP contribution in [-0.4, -0.2) is 31.1 Å². The molecule has 1 aromatic carbocycles. The SMILES string of the molecule is Brc1ccc2c(c1)CCC2N1CCCC2(CCCNC2)C1. The van der Waals surface area contributed by atoms with Gasteiger partial charge in [-0.25, -0.2) is 0 Å². The minimum atomic E-state index is 0.564. The van der Waals surface area contributed by atoms with Gasteiger partial charge in [0.05, 0.1) is 0 Å². The minimum Gasteiger partial charge on any atom is -0.316 e. The Kier molecular flexibility index (Phi) is 3.85. The summed E-state index contributed by atoms with van der Waals surface area (Å²) in [7, 11) is 0. The van der Waals surface area contributed by atoms with Crippen molar-refractivity contribution in [1.29, 1.82) is 0 Å². The molecule has 2 saturated heterocycles. The van der Waals surface area contributed by atoms with Crippen LogP contribution in [0.4, 0.5) is 0 Å². The van der Waals surface area contributed by atoms with Crippen molar-refractivity contribution < 1.29 is 0 Å². The van der Waals surface area contributed by atoms with Crippen molar-refractivity contribution in [2.24, 2.45) is 5.41 Å². The molecule has 2 fully saturated rings. The van der Waals surface area contributed by atoms with Gasteiger partial charge in [0, 0.05) is 23.6 Å². The van der Waals surface area contributed by atoms with Crippen molar-refractivity contribution in [1.82, 2.24) is 10.2 Å². The molecule has 2 unspecified atom stereocenters. The van der Waals surface area contributed by atoms with Gasteiger partial charge in [0.15, 0.2) is 0 Å². The van der Waals surface area contributed by atoms with Crippen LogP contribution in [-0.2, 0) is 6.42 Å². The standard InChI is InChI=1S/C18H25BrN2/c19-15-4-5-16-14(11-15)3-6-17(16)21-10-2-8-18(13-21)7-1-9-20-12-18/h4-5,11,17,20H,1-3,6-10,12-13H2. The van der Waals surface area contributed by atoms with Gasteiger partial charge >= 0.3 is 0 Å². The molecule has 0 bridgehead atoms. The molecule has 3 heteroatoms. The Bertz CT molecular complexity index is 516. The summed E-state index contributed by atoms with van der Waals surface area (Å²) < 4.78 is 1.23. The summed E-state index contributed by atoms with van der Waals surface area (Å²) in [4.78, 5) is 2.80. The van der Waals surface area contributed by atoms with Gasteiger partial charge in [-0.15, -0.1) is 0 Å². The zero-order chi connectivity index (χ0) is 14.3. The van der Waals surface area contributed by atoms with Crippen LogP contribution in [0, 0.1) is 5.41 Å². The van der Waals surface area contributed by atoms with Crippen molar-refractivity contribution in [2.45, 2.75) is 44.6 Å². The maximum atomic E-state index is 3.65. The molecule has 1 N–H and O–H groups in total. The van der Waals surface area contributed by atoms with E-state index in [1.807, 2.05) is 0 Å². The van der Waals surface area contributed by atoms with E-state index >= 15 is 0 Å². The van der Waals surface area contributed by atoms with Crippen LogP contribution < -0.4 is 5.32 Å². The summed E-state index contributed by atoms with van der Waals surface area (Å²) in [6, 6.07) is 7.58. The number of hydrogen-bond acceptors (Lipinski definition) is 2. The first-order valence-electron chi connectivity index (χ1n) is 8.49. The van der Waals surface area contributed by atoms with E-state index < -0.39 is 0 Å². The quantitative estimate of drug-likeness (QED) is 0.827. The van der Waals surface area contributed by atoms with Gasteiger partial charge < -0.3 is 5.32 Å². The molecule has 3 aliphatic rings. The lowest BCUT2D eigenvalue weighted by Crippen LogP contribution is -2.51. The molecule has 4 rings (SSSR count). The molecule has 2 atom stereocenters. The van der Waals surface area contributed by atoms with Gasteiger partial charge in [-0.2, -0.15) is 0 Å². The zero-order valence-corrected chi connectivity index (χ0v) is 14.3. The average molecular weight is 349 g/mol. The summed E-state index contributed by atoms with van der Waals surface area (Å²) in [6.07, 6.45) is 8.16. The second kappa shape index (κ2) is 5.68. The molecule has 21 heavy (non-hydrogen) atoms. The monoisotopic (exact) mass is 348 g/mol. The van der Waals surface area contributed by atoms with Crippen LogP contribution in [0.2, 0.25) is 0 Å². The summed E-state index contributed by atoms with van der Waals surface area (Å²) in [6.45, 7) is 5.06. The highest BCUT2D eigenvalue weighted by molar-refractivity contribution is 9.10. The Balaban J connectivity index is 1.55. The number of likely N-dealkylation sites (tertiary alicyclic amines) is 1. The fourth-order valence-electron chi connectivity index (χ4n) is 4.83. The number of hydrogen-bond donors (Lipinski definition) is 1. The van der Waals surface area contributed by atoms with Gasteiger partial charge in [-0.1, -0.05) is 22.0 Å². The van der Waals surface area contributed by atoms with Crippen LogP contribution in [0.15, 0.2) is 22.7 Å². The average Bonchev–Trinajstić information content (AvgIpc) is 2.91. The molecule has 0 aromatic heterocycles. The van der Waals surface area contributed by atoms with Crippen LogP contribution in [0.1, 0.15) is 49.3 Å². The molecule has 1 spiro atoms. The lowest BCUT2D eigenvalue weighted by Gasteiger charge is -2.47. The molecule has 0 amide bonds. The molecule has 114 valence electrons. The summed E-state index contributed by atoms with van der Waals surface area (Å²) in [5.41, 5.74) is 3.73. The van der Waals surface area contributed by atoms with Gasteiger partial charge in [0.2, 0.25) is 0 Å². The highest BCUT2D eigenvalue weighted by atomic mass is 79.9. The zero-order valence-electron chi connectivity index (χ0n) is 12.7. The first-order chi connectivity index (χ1) is 10.3. The van der Waals surface area contributed by atoms with E-state index in [2.05, 4.69) is 44.3 Å². The lowest BCUT2D eigenvalue weighted by molar-refractivity contribution is 0.0371.